The van der Waals surface area contributed by atoms with Gasteiger partial charge in [-0.1, -0.05) is 0 Å². The molecular formula is C9H7BrN8O2S. The predicted molar refractivity (Wildman–Crippen MR) is 74.8 cm³/mol. The molecule has 3 aromatic rings. The molecule has 3 heterocycles. The molecule has 108 valence electrons. The predicted octanol–water partition coefficient (Wildman–Crippen LogP) is -0.275. The Hall–Kier alpha value is -2.21. The normalized spacial score (nSPS) is 11.9. The molecule has 0 saturated heterocycles. The van der Waals surface area contributed by atoms with Crippen LogP contribution in [0.15, 0.2) is 22.2 Å². The molecule has 3 aromatic heterocycles. The molecule has 10 nitrogen and oxygen atoms in total. The second-order valence-corrected chi connectivity index (χ2v) is 6.77. The van der Waals surface area contributed by atoms with Crippen LogP contribution in [-0.2, 0) is 9.84 Å². The van der Waals surface area contributed by atoms with Crippen molar-refractivity contribution in [3.8, 4) is 11.5 Å². The molecule has 0 unspecified atom stereocenters. The van der Waals surface area contributed by atoms with Gasteiger partial charge in [-0.2, -0.15) is 19.5 Å². The first-order valence-corrected chi connectivity index (χ1v) is 8.11. The van der Waals surface area contributed by atoms with Gasteiger partial charge in [0.2, 0.25) is 21.6 Å². The number of fused-ring (bicyclic) bond motifs is 1. The lowest BCUT2D eigenvalue weighted by Crippen LogP contribution is -2.11. The van der Waals surface area contributed by atoms with Crippen LogP contribution in [0.25, 0.3) is 17.3 Å². The van der Waals surface area contributed by atoms with Gasteiger partial charge in [-0.15, -0.1) is 5.10 Å². The van der Waals surface area contributed by atoms with Gasteiger partial charge >= 0.3 is 0 Å². The van der Waals surface area contributed by atoms with Crippen LogP contribution in [0.4, 0.5) is 5.95 Å². The largest absolute Gasteiger partial charge is 0.368 e. The first kappa shape index (κ1) is 13.8. The third-order valence-corrected chi connectivity index (χ3v) is 3.85. The van der Waals surface area contributed by atoms with E-state index >= 15 is 0 Å². The molecule has 0 aromatic carbocycles. The van der Waals surface area contributed by atoms with Gasteiger partial charge in [-0.3, -0.25) is 0 Å². The Labute approximate surface area is 126 Å². The number of hydrogen-bond acceptors (Lipinski definition) is 9. The minimum Gasteiger partial charge on any atom is -0.368 e. The van der Waals surface area contributed by atoms with Crippen LogP contribution in [-0.4, -0.2) is 49.2 Å². The smallest absolute Gasteiger partial charge is 0.258 e. The quantitative estimate of drug-likeness (QED) is 0.644. The molecule has 0 bridgehead atoms. The monoisotopic (exact) mass is 370 g/mol. The molecule has 0 saturated carbocycles. The first-order chi connectivity index (χ1) is 9.86. The summed E-state index contributed by atoms with van der Waals surface area (Å²) >= 11 is 3.28. The van der Waals surface area contributed by atoms with Crippen LogP contribution in [0.1, 0.15) is 0 Å². The van der Waals surface area contributed by atoms with Crippen LogP contribution in [0.5, 0.6) is 0 Å². The van der Waals surface area contributed by atoms with Gasteiger partial charge in [-0.25, -0.2) is 18.4 Å². The van der Waals surface area contributed by atoms with E-state index in [1.54, 1.807) is 0 Å². The highest BCUT2D eigenvalue weighted by molar-refractivity contribution is 9.10. The summed E-state index contributed by atoms with van der Waals surface area (Å²) in [5.41, 5.74) is 6.11. The van der Waals surface area contributed by atoms with Gasteiger partial charge < -0.3 is 5.73 Å². The van der Waals surface area contributed by atoms with Crippen LogP contribution < -0.4 is 5.73 Å². The van der Waals surface area contributed by atoms with E-state index in [1.165, 1.54) is 12.5 Å². The minimum atomic E-state index is -3.60. The van der Waals surface area contributed by atoms with E-state index in [9.17, 15) is 8.42 Å². The van der Waals surface area contributed by atoms with Crippen molar-refractivity contribution < 1.29 is 8.42 Å². The second kappa shape index (κ2) is 4.66. The third-order valence-electron chi connectivity index (χ3n) is 2.42. The summed E-state index contributed by atoms with van der Waals surface area (Å²) < 4.78 is 24.7. The van der Waals surface area contributed by atoms with Crippen molar-refractivity contribution in [2.45, 2.75) is 5.16 Å². The number of halogens is 1. The van der Waals surface area contributed by atoms with Crippen molar-refractivity contribution in [2.24, 2.45) is 0 Å². The highest BCUT2D eigenvalue weighted by Gasteiger charge is 2.18. The van der Waals surface area contributed by atoms with Crippen LogP contribution >= 0.6 is 15.9 Å². The summed E-state index contributed by atoms with van der Waals surface area (Å²) in [5, 5.41) is 3.70. The fourth-order valence-electron chi connectivity index (χ4n) is 1.53. The summed E-state index contributed by atoms with van der Waals surface area (Å²) in [6.07, 6.45) is 3.85. The lowest BCUT2D eigenvalue weighted by molar-refractivity contribution is 0.592. The Balaban J connectivity index is 2.26. The Bertz CT molecular complexity index is 954. The average molecular weight is 371 g/mol. The van der Waals surface area contributed by atoms with Crippen molar-refractivity contribution in [2.75, 3.05) is 12.0 Å². The molecule has 0 atom stereocenters. The number of anilines is 1. The van der Waals surface area contributed by atoms with E-state index in [0.29, 0.717) is 10.2 Å². The highest BCUT2D eigenvalue weighted by atomic mass is 79.9. The number of hydrogen-bond donors (Lipinski definition) is 1. The summed E-state index contributed by atoms with van der Waals surface area (Å²) in [6.45, 7) is 0. The first-order valence-electron chi connectivity index (χ1n) is 5.42. The van der Waals surface area contributed by atoms with Gasteiger partial charge in [0, 0.05) is 12.5 Å². The van der Waals surface area contributed by atoms with Crippen molar-refractivity contribution >= 4 is 37.5 Å². The summed E-state index contributed by atoms with van der Waals surface area (Å²) in [6, 6.07) is 0. The zero-order valence-corrected chi connectivity index (χ0v) is 12.9. The summed E-state index contributed by atoms with van der Waals surface area (Å²) in [5.74, 6) is 0.101. The maximum Gasteiger partial charge on any atom is 0.258 e. The number of sulfone groups is 1. The van der Waals surface area contributed by atoms with Gasteiger partial charge in [0.1, 0.15) is 12.0 Å². The highest BCUT2D eigenvalue weighted by Crippen LogP contribution is 2.22. The number of nitrogen functional groups attached to an aromatic ring is 1. The molecule has 0 amide bonds. The molecule has 3 rings (SSSR count). The Morgan fingerprint density at radius 1 is 1.29 bits per heavy atom. The van der Waals surface area contributed by atoms with Crippen molar-refractivity contribution in [3.05, 3.63) is 17.0 Å². The van der Waals surface area contributed by atoms with Crippen molar-refractivity contribution in [1.29, 1.82) is 0 Å². The topological polar surface area (TPSA) is 142 Å². The van der Waals surface area contributed by atoms with Gasteiger partial charge in [-0.05, 0) is 15.9 Å². The Morgan fingerprint density at radius 3 is 2.71 bits per heavy atom. The van der Waals surface area contributed by atoms with Gasteiger partial charge in [0.15, 0.2) is 0 Å². The van der Waals surface area contributed by atoms with E-state index in [-0.39, 0.29) is 17.6 Å². The standard InChI is InChI=1S/C9H7BrN8O2S/c1-21(19,20)9-15-7(11)18-8(16-9)14-6(17-18)5-4(10)2-12-3-13-5/h2-3H,1H3,(H2,11,14,15,16,17). The Kier molecular flexibility index (Phi) is 3.06. The van der Waals surface area contributed by atoms with Crippen molar-refractivity contribution in [3.63, 3.8) is 0 Å². The molecule has 0 radical (unpaired) electrons. The second-order valence-electron chi connectivity index (χ2n) is 4.00. The summed E-state index contributed by atoms with van der Waals surface area (Å²) in [4.78, 5) is 19.5. The molecule has 2 N–H and O–H groups in total. The van der Waals surface area contributed by atoms with E-state index in [4.69, 9.17) is 5.73 Å². The van der Waals surface area contributed by atoms with Gasteiger partial charge in [0.05, 0.1) is 4.47 Å². The molecule has 0 aliphatic heterocycles. The van der Waals surface area contributed by atoms with Crippen molar-refractivity contribution in [1.82, 2.24) is 34.5 Å². The SMILES string of the molecule is CS(=O)(=O)c1nc(N)n2nc(-c3ncncc3Br)nc2n1. The van der Waals surface area contributed by atoms with Crippen LogP contribution in [0.3, 0.4) is 0 Å². The molecule has 0 fully saturated rings. The van der Waals surface area contributed by atoms with E-state index in [1.807, 2.05) is 0 Å². The van der Waals surface area contributed by atoms with E-state index < -0.39 is 15.0 Å². The average Bonchev–Trinajstić information content (AvgIpc) is 2.82. The number of rotatable bonds is 2. The summed E-state index contributed by atoms with van der Waals surface area (Å²) in [7, 11) is -3.60. The lowest BCUT2D eigenvalue weighted by atomic mass is 10.4. The molecule has 0 spiro atoms. The maximum absolute atomic E-state index is 11.5. The van der Waals surface area contributed by atoms with Crippen LogP contribution in [0, 0.1) is 0 Å². The number of nitrogens with zero attached hydrogens (tertiary/aromatic N) is 7. The third kappa shape index (κ3) is 2.42. The van der Waals surface area contributed by atoms with E-state index in [0.717, 1.165) is 10.8 Å². The zero-order chi connectivity index (χ0) is 15.2. The van der Waals surface area contributed by atoms with Gasteiger partial charge in [0.25, 0.3) is 10.9 Å². The molecular weight excluding hydrogens is 364 g/mol. The van der Waals surface area contributed by atoms with Crippen LogP contribution in [0.2, 0.25) is 0 Å². The number of nitrogens with two attached hydrogens (primary N) is 1. The molecule has 0 aliphatic carbocycles. The van der Waals surface area contributed by atoms with E-state index in [2.05, 4.69) is 45.9 Å². The zero-order valence-electron chi connectivity index (χ0n) is 10.5. The molecule has 12 heteroatoms. The molecule has 21 heavy (non-hydrogen) atoms. The Morgan fingerprint density at radius 2 is 2.05 bits per heavy atom. The fraction of sp³-hybridized carbons (Fsp3) is 0.111. The lowest BCUT2D eigenvalue weighted by Gasteiger charge is -1.99. The number of aromatic nitrogens is 7. The maximum atomic E-state index is 11.5. The molecule has 0 aliphatic rings. The fourth-order valence-corrected chi connectivity index (χ4v) is 2.43. The minimum absolute atomic E-state index is 0.0171.